The Kier molecular flexibility index (Phi) is 6.55. The Morgan fingerprint density at radius 1 is 1.14 bits per heavy atom. The molecule has 0 bridgehead atoms. The topological polar surface area (TPSA) is 54.3 Å². The average molecular weight is 399 g/mol. The molecule has 2 aromatic carbocycles. The fourth-order valence-electron chi connectivity index (χ4n) is 4.10. The van der Waals surface area contributed by atoms with Gasteiger partial charge in [-0.1, -0.05) is 42.0 Å². The quantitative estimate of drug-likeness (QED) is 0.658. The molecule has 0 radical (unpaired) electrons. The van der Waals surface area contributed by atoms with Crippen molar-refractivity contribution in [2.24, 2.45) is 0 Å². The van der Waals surface area contributed by atoms with Gasteiger partial charge in [0.1, 0.15) is 0 Å². The van der Waals surface area contributed by atoms with Gasteiger partial charge in [-0.2, -0.15) is 0 Å². The highest BCUT2D eigenvalue weighted by molar-refractivity contribution is 6.04. The number of aromatic nitrogens is 1. The summed E-state index contributed by atoms with van der Waals surface area (Å²) in [6.45, 7) is 3.72. The molecule has 3 aromatic rings. The van der Waals surface area contributed by atoms with E-state index < -0.39 is 6.10 Å². The van der Waals surface area contributed by atoms with Crippen LogP contribution < -0.4 is 5.32 Å². The van der Waals surface area contributed by atoms with Crippen molar-refractivity contribution in [3.63, 3.8) is 0 Å². The van der Waals surface area contributed by atoms with Crippen LogP contribution in [0.2, 0.25) is 0 Å². The molecule has 28 heavy (non-hydrogen) atoms. The van der Waals surface area contributed by atoms with Crippen LogP contribution in [-0.2, 0) is 19.5 Å². The molecule has 1 heterocycles. The zero-order chi connectivity index (χ0) is 18.8. The number of carbonyl (C=O) groups is 1. The number of hydrogen-bond donors (Lipinski definition) is 2. The molecule has 0 fully saturated rings. The van der Waals surface area contributed by atoms with Crippen molar-refractivity contribution in [3.05, 3.63) is 70.9 Å². The van der Waals surface area contributed by atoms with Gasteiger partial charge < -0.3 is 15.0 Å². The number of nitrogens with one attached hydrogen (secondary N) is 1. The van der Waals surface area contributed by atoms with Crippen molar-refractivity contribution in [2.45, 2.75) is 45.4 Å². The van der Waals surface area contributed by atoms with E-state index in [0.717, 1.165) is 36.2 Å². The third kappa shape index (κ3) is 4.14. The summed E-state index contributed by atoms with van der Waals surface area (Å²) in [5, 5.41) is 15.1. The van der Waals surface area contributed by atoms with Gasteiger partial charge in [-0.25, -0.2) is 0 Å². The van der Waals surface area contributed by atoms with Gasteiger partial charge in [-0.3, -0.25) is 4.79 Å². The Morgan fingerprint density at radius 3 is 2.71 bits per heavy atom. The molecular formula is C23H27ClN2O2. The van der Waals surface area contributed by atoms with E-state index in [9.17, 15) is 9.90 Å². The standard InChI is InChI=1S/C23H26N2O2.ClH/c1-16-10-11-21-20(12-16)19-8-5-9-22(27)23(19)25(21)15-18(26)14-24-13-17-6-3-2-4-7-17;/h2-4,6-7,10-12,18,24,26H,5,8-9,13-15H2,1H3;1H. The maximum atomic E-state index is 12.6. The lowest BCUT2D eigenvalue weighted by atomic mass is 9.94. The zero-order valence-corrected chi connectivity index (χ0v) is 17.0. The molecule has 0 saturated carbocycles. The average Bonchev–Trinajstić information content (AvgIpc) is 2.97. The lowest BCUT2D eigenvalue weighted by molar-refractivity contribution is 0.0956. The summed E-state index contributed by atoms with van der Waals surface area (Å²) in [6.07, 6.45) is 1.91. The van der Waals surface area contributed by atoms with Crippen LogP contribution in [0.15, 0.2) is 48.5 Å². The van der Waals surface area contributed by atoms with Crippen LogP contribution >= 0.6 is 12.4 Å². The number of nitrogens with zero attached hydrogens (tertiary/aromatic N) is 1. The number of carbonyl (C=O) groups excluding carboxylic acids is 1. The molecule has 4 nitrogen and oxygen atoms in total. The molecule has 0 spiro atoms. The predicted molar refractivity (Wildman–Crippen MR) is 115 cm³/mol. The van der Waals surface area contributed by atoms with E-state index in [2.05, 4.69) is 42.6 Å². The van der Waals surface area contributed by atoms with Crippen molar-refractivity contribution >= 4 is 29.1 Å². The fraction of sp³-hybridized carbons (Fsp3) is 0.348. The Labute approximate surface area is 172 Å². The van der Waals surface area contributed by atoms with E-state index in [1.165, 1.54) is 16.5 Å². The van der Waals surface area contributed by atoms with Crippen molar-refractivity contribution in [3.8, 4) is 0 Å². The second-order valence-corrected chi connectivity index (χ2v) is 7.51. The number of hydrogen-bond acceptors (Lipinski definition) is 3. The molecule has 148 valence electrons. The highest BCUT2D eigenvalue weighted by Crippen LogP contribution is 2.33. The number of fused-ring (bicyclic) bond motifs is 3. The summed E-state index contributed by atoms with van der Waals surface area (Å²) >= 11 is 0. The van der Waals surface area contributed by atoms with Crippen molar-refractivity contribution < 1.29 is 9.90 Å². The van der Waals surface area contributed by atoms with E-state index in [0.29, 0.717) is 19.5 Å². The smallest absolute Gasteiger partial charge is 0.179 e. The van der Waals surface area contributed by atoms with Crippen molar-refractivity contribution in [2.75, 3.05) is 6.54 Å². The molecule has 1 aromatic heterocycles. The third-order valence-corrected chi connectivity index (χ3v) is 5.36. The first-order valence-corrected chi connectivity index (χ1v) is 9.71. The Morgan fingerprint density at radius 2 is 1.93 bits per heavy atom. The number of halogens is 1. The molecule has 5 heteroatoms. The minimum atomic E-state index is -0.551. The van der Waals surface area contributed by atoms with Crippen LogP contribution in [0.4, 0.5) is 0 Å². The van der Waals surface area contributed by atoms with E-state index in [4.69, 9.17) is 0 Å². The van der Waals surface area contributed by atoms with E-state index >= 15 is 0 Å². The number of aliphatic hydroxyl groups excluding tert-OH is 1. The van der Waals surface area contributed by atoms with Crippen LogP contribution in [0.3, 0.4) is 0 Å². The van der Waals surface area contributed by atoms with Crippen LogP contribution in [-0.4, -0.2) is 28.1 Å². The fourth-order valence-corrected chi connectivity index (χ4v) is 4.10. The first-order valence-electron chi connectivity index (χ1n) is 9.71. The molecule has 0 amide bonds. The van der Waals surface area contributed by atoms with Gasteiger partial charge in [0.2, 0.25) is 0 Å². The number of aliphatic hydroxyl groups is 1. The Hall–Kier alpha value is -2.14. The number of Topliss-reactive ketones (excluding diaryl/α,β-unsaturated/α-hetero) is 1. The second-order valence-electron chi connectivity index (χ2n) is 7.51. The molecule has 1 unspecified atom stereocenters. The molecule has 1 atom stereocenters. The summed E-state index contributed by atoms with van der Waals surface area (Å²) < 4.78 is 2.04. The largest absolute Gasteiger partial charge is 0.390 e. The summed E-state index contributed by atoms with van der Waals surface area (Å²) in [6, 6.07) is 16.5. The molecule has 0 aliphatic heterocycles. The molecule has 1 aliphatic rings. The minimum absolute atomic E-state index is 0. The molecule has 1 aliphatic carbocycles. The van der Waals surface area contributed by atoms with E-state index in [1.807, 2.05) is 22.8 Å². The van der Waals surface area contributed by atoms with Crippen LogP contribution in [0.1, 0.15) is 40.0 Å². The lowest BCUT2D eigenvalue weighted by Gasteiger charge is -2.18. The number of benzene rings is 2. The SMILES string of the molecule is Cc1ccc2c(c1)c1c(n2CC(O)CNCc2ccccc2)C(=O)CCC1.Cl. The monoisotopic (exact) mass is 398 g/mol. The number of rotatable bonds is 6. The first kappa shape index (κ1) is 20.6. The van der Waals surface area contributed by atoms with Crippen LogP contribution in [0.25, 0.3) is 10.9 Å². The van der Waals surface area contributed by atoms with Crippen LogP contribution in [0, 0.1) is 6.92 Å². The molecule has 0 saturated heterocycles. The lowest BCUT2D eigenvalue weighted by Crippen LogP contribution is -2.31. The Bertz CT molecular complexity index is 966. The molecule has 4 rings (SSSR count). The zero-order valence-electron chi connectivity index (χ0n) is 16.1. The minimum Gasteiger partial charge on any atom is -0.390 e. The van der Waals surface area contributed by atoms with Gasteiger partial charge >= 0.3 is 0 Å². The molecular weight excluding hydrogens is 372 g/mol. The van der Waals surface area contributed by atoms with E-state index in [-0.39, 0.29) is 18.2 Å². The highest BCUT2D eigenvalue weighted by atomic mass is 35.5. The Balaban J connectivity index is 0.00000225. The summed E-state index contributed by atoms with van der Waals surface area (Å²) in [4.78, 5) is 12.6. The maximum Gasteiger partial charge on any atom is 0.179 e. The first-order chi connectivity index (χ1) is 13.1. The highest BCUT2D eigenvalue weighted by Gasteiger charge is 2.26. The predicted octanol–water partition coefficient (Wildman–Crippen LogP) is 4.04. The third-order valence-electron chi connectivity index (χ3n) is 5.36. The van der Waals surface area contributed by atoms with Crippen molar-refractivity contribution in [1.82, 2.24) is 9.88 Å². The normalized spacial score (nSPS) is 14.6. The van der Waals surface area contributed by atoms with Crippen LogP contribution in [0.5, 0.6) is 0 Å². The van der Waals surface area contributed by atoms with E-state index in [1.54, 1.807) is 0 Å². The van der Waals surface area contributed by atoms with Gasteiger partial charge in [0, 0.05) is 30.4 Å². The van der Waals surface area contributed by atoms with Gasteiger partial charge in [-0.15, -0.1) is 12.4 Å². The molecule has 2 N–H and O–H groups in total. The van der Waals surface area contributed by atoms with Crippen molar-refractivity contribution in [1.29, 1.82) is 0 Å². The summed E-state index contributed by atoms with van der Waals surface area (Å²) in [5.41, 5.74) is 5.42. The summed E-state index contributed by atoms with van der Waals surface area (Å²) in [7, 11) is 0. The number of ketones is 1. The number of aryl methyl sites for hydroxylation is 2. The maximum absolute atomic E-state index is 12.6. The van der Waals surface area contributed by atoms with Gasteiger partial charge in [0.25, 0.3) is 0 Å². The van der Waals surface area contributed by atoms with Gasteiger partial charge in [0.15, 0.2) is 5.78 Å². The summed E-state index contributed by atoms with van der Waals surface area (Å²) in [5.74, 6) is 0.203. The van der Waals surface area contributed by atoms with Gasteiger partial charge in [0.05, 0.1) is 18.3 Å². The van der Waals surface area contributed by atoms with Gasteiger partial charge in [-0.05, 0) is 43.0 Å². The second kappa shape index (κ2) is 8.91.